The minimum Gasteiger partial charge on any atom is -0.493 e. The molecule has 126 valence electrons. The molecule has 0 aliphatic carbocycles. The van der Waals surface area contributed by atoms with Crippen molar-refractivity contribution in [3.8, 4) is 11.5 Å². The van der Waals surface area contributed by atoms with E-state index in [2.05, 4.69) is 30.9 Å². The lowest BCUT2D eigenvalue weighted by molar-refractivity contribution is 0.284. The molecule has 4 nitrogen and oxygen atoms in total. The molecule has 0 bridgehead atoms. The van der Waals surface area contributed by atoms with Crippen LogP contribution in [0.1, 0.15) is 46.0 Å². The SMILES string of the molecule is CCCCCOc1cc(N(CC)CCCCO)ccc1OC. The van der Waals surface area contributed by atoms with Crippen LogP contribution in [0.25, 0.3) is 0 Å². The molecular weight excluding hydrogens is 278 g/mol. The number of aliphatic hydroxyl groups excluding tert-OH is 1. The monoisotopic (exact) mass is 309 g/mol. The molecule has 0 fully saturated rings. The summed E-state index contributed by atoms with van der Waals surface area (Å²) in [6, 6.07) is 6.10. The highest BCUT2D eigenvalue weighted by atomic mass is 16.5. The largest absolute Gasteiger partial charge is 0.493 e. The fourth-order valence-electron chi connectivity index (χ4n) is 2.39. The normalized spacial score (nSPS) is 10.5. The first kappa shape index (κ1) is 18.6. The second-order valence-corrected chi connectivity index (χ2v) is 5.40. The van der Waals surface area contributed by atoms with Crippen molar-refractivity contribution >= 4 is 5.69 Å². The van der Waals surface area contributed by atoms with Crippen LogP contribution in [-0.4, -0.2) is 38.5 Å². The molecule has 0 aliphatic rings. The number of anilines is 1. The smallest absolute Gasteiger partial charge is 0.163 e. The minimum atomic E-state index is 0.256. The molecule has 22 heavy (non-hydrogen) atoms. The molecule has 4 heteroatoms. The van der Waals surface area contributed by atoms with E-state index >= 15 is 0 Å². The number of hydrogen-bond acceptors (Lipinski definition) is 4. The second kappa shape index (κ2) is 11.2. The summed E-state index contributed by atoms with van der Waals surface area (Å²) in [7, 11) is 1.67. The number of unbranched alkanes of at least 4 members (excludes halogenated alkanes) is 3. The molecule has 0 heterocycles. The molecule has 0 aliphatic heterocycles. The molecule has 0 radical (unpaired) electrons. The van der Waals surface area contributed by atoms with Gasteiger partial charge < -0.3 is 19.5 Å². The van der Waals surface area contributed by atoms with Gasteiger partial charge in [0.2, 0.25) is 0 Å². The molecule has 0 spiro atoms. The minimum absolute atomic E-state index is 0.256. The van der Waals surface area contributed by atoms with Gasteiger partial charge in [0.05, 0.1) is 13.7 Å². The number of methoxy groups -OCH3 is 1. The summed E-state index contributed by atoms with van der Waals surface area (Å²) < 4.78 is 11.3. The Morgan fingerprint density at radius 2 is 1.86 bits per heavy atom. The predicted octanol–water partition coefficient (Wildman–Crippen LogP) is 3.86. The molecule has 1 aromatic rings. The molecule has 1 aromatic carbocycles. The highest BCUT2D eigenvalue weighted by molar-refractivity contribution is 5.56. The van der Waals surface area contributed by atoms with Gasteiger partial charge >= 0.3 is 0 Å². The van der Waals surface area contributed by atoms with Crippen molar-refractivity contribution in [2.24, 2.45) is 0 Å². The Morgan fingerprint density at radius 3 is 2.50 bits per heavy atom. The van der Waals surface area contributed by atoms with Crippen LogP contribution >= 0.6 is 0 Å². The van der Waals surface area contributed by atoms with Gasteiger partial charge in [0.1, 0.15) is 0 Å². The van der Waals surface area contributed by atoms with E-state index in [1.54, 1.807) is 7.11 Å². The molecule has 0 saturated heterocycles. The topological polar surface area (TPSA) is 41.9 Å². The van der Waals surface area contributed by atoms with Gasteiger partial charge in [-0.15, -0.1) is 0 Å². The summed E-state index contributed by atoms with van der Waals surface area (Å²) in [5.41, 5.74) is 1.15. The van der Waals surface area contributed by atoms with Crippen molar-refractivity contribution in [1.29, 1.82) is 0 Å². The summed E-state index contributed by atoms with van der Waals surface area (Å²) in [5.74, 6) is 1.60. The maximum atomic E-state index is 8.92. The summed E-state index contributed by atoms with van der Waals surface area (Å²) >= 11 is 0. The lowest BCUT2D eigenvalue weighted by atomic mass is 10.2. The fourth-order valence-corrected chi connectivity index (χ4v) is 2.39. The third-order valence-corrected chi connectivity index (χ3v) is 3.74. The number of ether oxygens (including phenoxy) is 2. The molecule has 0 atom stereocenters. The maximum Gasteiger partial charge on any atom is 0.163 e. The van der Waals surface area contributed by atoms with E-state index in [9.17, 15) is 0 Å². The van der Waals surface area contributed by atoms with Crippen LogP contribution in [0.4, 0.5) is 5.69 Å². The van der Waals surface area contributed by atoms with E-state index in [-0.39, 0.29) is 6.61 Å². The van der Waals surface area contributed by atoms with E-state index in [0.717, 1.165) is 56.1 Å². The highest BCUT2D eigenvalue weighted by Crippen LogP contribution is 2.32. The Balaban J connectivity index is 2.73. The molecule has 1 rings (SSSR count). The molecule has 1 N–H and O–H groups in total. The van der Waals surface area contributed by atoms with E-state index in [1.807, 2.05) is 6.07 Å². The Bertz CT molecular complexity index is 409. The Hall–Kier alpha value is -1.42. The van der Waals surface area contributed by atoms with Gasteiger partial charge in [-0.05, 0) is 38.3 Å². The standard InChI is InChI=1S/C18H31NO3/c1-4-6-9-14-22-18-15-16(10-11-17(18)21-3)19(5-2)12-7-8-13-20/h10-11,15,20H,4-9,12-14H2,1-3H3. The molecule has 0 amide bonds. The average Bonchev–Trinajstić information content (AvgIpc) is 2.55. The van der Waals surface area contributed by atoms with Crippen molar-refractivity contribution in [2.45, 2.75) is 46.0 Å². The second-order valence-electron chi connectivity index (χ2n) is 5.40. The van der Waals surface area contributed by atoms with Crippen molar-refractivity contribution in [2.75, 3.05) is 38.3 Å². The Labute approximate surface area is 135 Å². The molecular formula is C18H31NO3. The summed E-state index contributed by atoms with van der Waals surface area (Å²) in [4.78, 5) is 2.30. The summed E-state index contributed by atoms with van der Waals surface area (Å²) in [6.45, 7) is 7.19. The van der Waals surface area contributed by atoms with Crippen LogP contribution in [0.3, 0.4) is 0 Å². The van der Waals surface area contributed by atoms with Crippen molar-refractivity contribution < 1.29 is 14.6 Å². The van der Waals surface area contributed by atoms with Crippen LogP contribution in [0, 0.1) is 0 Å². The fraction of sp³-hybridized carbons (Fsp3) is 0.667. The third-order valence-electron chi connectivity index (χ3n) is 3.74. The number of hydrogen-bond donors (Lipinski definition) is 1. The van der Waals surface area contributed by atoms with Gasteiger partial charge in [0.15, 0.2) is 11.5 Å². The van der Waals surface area contributed by atoms with Crippen LogP contribution in [0.15, 0.2) is 18.2 Å². The molecule has 0 saturated carbocycles. The lowest BCUT2D eigenvalue weighted by Gasteiger charge is -2.24. The van der Waals surface area contributed by atoms with Crippen LogP contribution in [-0.2, 0) is 0 Å². The third kappa shape index (κ3) is 6.14. The number of aliphatic hydroxyl groups is 1. The van der Waals surface area contributed by atoms with Crippen LogP contribution < -0.4 is 14.4 Å². The zero-order valence-electron chi connectivity index (χ0n) is 14.3. The highest BCUT2D eigenvalue weighted by Gasteiger charge is 2.10. The quantitative estimate of drug-likeness (QED) is 0.595. The van der Waals surface area contributed by atoms with Gasteiger partial charge in [-0.2, -0.15) is 0 Å². The van der Waals surface area contributed by atoms with E-state index in [4.69, 9.17) is 14.6 Å². The van der Waals surface area contributed by atoms with E-state index in [0.29, 0.717) is 0 Å². The summed E-state index contributed by atoms with van der Waals surface area (Å²) in [5, 5.41) is 8.92. The Kier molecular flexibility index (Phi) is 9.47. The number of benzene rings is 1. The predicted molar refractivity (Wildman–Crippen MR) is 92.2 cm³/mol. The van der Waals surface area contributed by atoms with E-state index in [1.165, 1.54) is 12.8 Å². The first-order chi connectivity index (χ1) is 10.8. The van der Waals surface area contributed by atoms with Crippen molar-refractivity contribution in [3.63, 3.8) is 0 Å². The van der Waals surface area contributed by atoms with Gasteiger partial charge in [-0.25, -0.2) is 0 Å². The van der Waals surface area contributed by atoms with Crippen molar-refractivity contribution in [3.05, 3.63) is 18.2 Å². The lowest BCUT2D eigenvalue weighted by Crippen LogP contribution is -2.24. The zero-order valence-corrected chi connectivity index (χ0v) is 14.3. The van der Waals surface area contributed by atoms with Crippen molar-refractivity contribution in [1.82, 2.24) is 0 Å². The van der Waals surface area contributed by atoms with Crippen LogP contribution in [0.5, 0.6) is 11.5 Å². The van der Waals surface area contributed by atoms with Crippen LogP contribution in [0.2, 0.25) is 0 Å². The van der Waals surface area contributed by atoms with E-state index < -0.39 is 0 Å². The van der Waals surface area contributed by atoms with Gasteiger partial charge in [-0.3, -0.25) is 0 Å². The van der Waals surface area contributed by atoms with Gasteiger partial charge in [0, 0.05) is 31.5 Å². The first-order valence-corrected chi connectivity index (χ1v) is 8.43. The molecule has 0 aromatic heterocycles. The summed E-state index contributed by atoms with van der Waals surface area (Å²) in [6.07, 6.45) is 5.27. The maximum absolute atomic E-state index is 8.92. The average molecular weight is 309 g/mol. The van der Waals surface area contributed by atoms with Gasteiger partial charge in [-0.1, -0.05) is 19.8 Å². The van der Waals surface area contributed by atoms with Gasteiger partial charge in [0.25, 0.3) is 0 Å². The first-order valence-electron chi connectivity index (χ1n) is 8.43. The zero-order chi connectivity index (χ0) is 16.2. The molecule has 0 unspecified atom stereocenters. The Morgan fingerprint density at radius 1 is 1.05 bits per heavy atom. The number of rotatable bonds is 12. The number of nitrogens with zero attached hydrogens (tertiary/aromatic N) is 1.